The van der Waals surface area contributed by atoms with Crippen LogP contribution in [0.4, 0.5) is 5.69 Å². The number of nitrogens with zero attached hydrogens (tertiary/aromatic N) is 3. The Bertz CT molecular complexity index is 797. The van der Waals surface area contributed by atoms with Crippen LogP contribution in [0.1, 0.15) is 27.7 Å². The Hall–Kier alpha value is -2.34. The lowest BCUT2D eigenvalue weighted by atomic mass is 10.1. The molecular weight excluding hydrogens is 340 g/mol. The van der Waals surface area contributed by atoms with Gasteiger partial charge in [-0.05, 0) is 39.8 Å². The summed E-state index contributed by atoms with van der Waals surface area (Å²) >= 11 is 6.29. The van der Waals surface area contributed by atoms with Crippen LogP contribution in [0.25, 0.3) is 5.69 Å². The van der Waals surface area contributed by atoms with Gasteiger partial charge in [-0.25, -0.2) is 0 Å². The molecule has 0 aliphatic carbocycles. The second-order valence-electron chi connectivity index (χ2n) is 6.71. The summed E-state index contributed by atoms with van der Waals surface area (Å²) in [5.74, 6) is -0.141. The van der Waals surface area contributed by atoms with Gasteiger partial charge in [-0.3, -0.25) is 9.59 Å². The van der Waals surface area contributed by atoms with Gasteiger partial charge in [-0.15, -0.1) is 0 Å². The number of nitrogens with one attached hydrogen (secondary N) is 1. The number of amides is 1. The Morgan fingerprint density at radius 1 is 1.28 bits per heavy atom. The summed E-state index contributed by atoms with van der Waals surface area (Å²) in [6.07, 6.45) is 1.52. The minimum atomic E-state index is -0.417. The van der Waals surface area contributed by atoms with Crippen molar-refractivity contribution in [2.75, 3.05) is 18.0 Å². The van der Waals surface area contributed by atoms with E-state index in [0.717, 1.165) is 0 Å². The molecule has 0 aliphatic heterocycles. The molecule has 1 aromatic heterocycles. The number of para-hydroxylation sites is 1. The maximum Gasteiger partial charge on any atom is 0.292 e. The van der Waals surface area contributed by atoms with E-state index in [0.29, 0.717) is 17.9 Å². The van der Waals surface area contributed by atoms with Gasteiger partial charge in [-0.1, -0.05) is 29.8 Å². The molecule has 1 amide bonds. The zero-order chi connectivity index (χ0) is 18.6. The van der Waals surface area contributed by atoms with Crippen molar-refractivity contribution < 1.29 is 4.79 Å². The second-order valence-corrected chi connectivity index (χ2v) is 7.09. The highest BCUT2D eigenvalue weighted by atomic mass is 35.5. The van der Waals surface area contributed by atoms with Crippen LogP contribution in [0.3, 0.4) is 0 Å². The molecule has 0 spiro atoms. The van der Waals surface area contributed by atoms with Crippen molar-refractivity contribution in [1.82, 2.24) is 15.1 Å². The summed E-state index contributed by atoms with van der Waals surface area (Å²) < 4.78 is 1.24. The molecule has 25 heavy (non-hydrogen) atoms. The molecule has 1 aromatic carbocycles. The summed E-state index contributed by atoms with van der Waals surface area (Å²) in [7, 11) is 0. The van der Waals surface area contributed by atoms with Crippen LogP contribution in [0.5, 0.6) is 0 Å². The first-order chi connectivity index (χ1) is 11.7. The molecule has 0 saturated carbocycles. The standard InChI is InChI=1S/C18H23ClN4O2/c1-5-22(12-15(24)21-18(2,3)4)14-11-20-23(17(25)16(14)19)13-9-7-6-8-10-13/h6-11H,5,12H2,1-4H3,(H,21,24). The van der Waals surface area contributed by atoms with Crippen molar-refractivity contribution in [3.05, 3.63) is 51.9 Å². The van der Waals surface area contributed by atoms with Crippen molar-refractivity contribution >= 4 is 23.2 Å². The monoisotopic (exact) mass is 362 g/mol. The molecule has 0 fully saturated rings. The fraction of sp³-hybridized carbons (Fsp3) is 0.389. The zero-order valence-electron chi connectivity index (χ0n) is 14.9. The van der Waals surface area contributed by atoms with Crippen LogP contribution in [0, 0.1) is 0 Å². The lowest BCUT2D eigenvalue weighted by Gasteiger charge is -2.26. The first-order valence-electron chi connectivity index (χ1n) is 8.12. The molecule has 0 aliphatic rings. The fourth-order valence-corrected chi connectivity index (χ4v) is 2.64. The number of benzene rings is 1. The predicted octanol–water partition coefficient (Wildman–Crippen LogP) is 2.63. The zero-order valence-corrected chi connectivity index (χ0v) is 15.7. The van der Waals surface area contributed by atoms with Gasteiger partial charge in [0.2, 0.25) is 5.91 Å². The van der Waals surface area contributed by atoms with Crippen LogP contribution < -0.4 is 15.8 Å². The smallest absolute Gasteiger partial charge is 0.292 e. The minimum absolute atomic E-state index is 0.0456. The van der Waals surface area contributed by atoms with E-state index in [1.807, 2.05) is 45.9 Å². The van der Waals surface area contributed by atoms with E-state index >= 15 is 0 Å². The molecule has 0 atom stereocenters. The molecule has 0 bridgehead atoms. The van der Waals surface area contributed by atoms with Gasteiger partial charge in [-0.2, -0.15) is 9.78 Å². The lowest BCUT2D eigenvalue weighted by Crippen LogP contribution is -2.46. The topological polar surface area (TPSA) is 67.2 Å². The van der Waals surface area contributed by atoms with Gasteiger partial charge in [0.1, 0.15) is 5.02 Å². The van der Waals surface area contributed by atoms with Gasteiger partial charge in [0, 0.05) is 12.1 Å². The molecule has 1 N–H and O–H groups in total. The number of likely N-dealkylation sites (N-methyl/N-ethyl adjacent to an activating group) is 1. The maximum atomic E-state index is 12.6. The molecule has 134 valence electrons. The molecular formula is C18H23ClN4O2. The largest absolute Gasteiger partial charge is 0.360 e. The summed E-state index contributed by atoms with van der Waals surface area (Å²) in [5.41, 5.74) is 0.342. The van der Waals surface area contributed by atoms with Gasteiger partial charge in [0.15, 0.2) is 0 Å². The highest BCUT2D eigenvalue weighted by Gasteiger charge is 2.20. The second kappa shape index (κ2) is 7.70. The van der Waals surface area contributed by atoms with Crippen LogP contribution >= 0.6 is 11.6 Å². The molecule has 0 unspecified atom stereocenters. The quantitative estimate of drug-likeness (QED) is 0.887. The van der Waals surface area contributed by atoms with E-state index in [1.165, 1.54) is 10.9 Å². The van der Waals surface area contributed by atoms with E-state index in [2.05, 4.69) is 10.4 Å². The predicted molar refractivity (Wildman–Crippen MR) is 101 cm³/mol. The molecule has 1 heterocycles. The van der Waals surface area contributed by atoms with Crippen molar-refractivity contribution in [3.63, 3.8) is 0 Å². The van der Waals surface area contributed by atoms with Crippen molar-refractivity contribution in [1.29, 1.82) is 0 Å². The Morgan fingerprint density at radius 2 is 1.92 bits per heavy atom. The first-order valence-corrected chi connectivity index (χ1v) is 8.50. The molecule has 7 heteroatoms. The van der Waals surface area contributed by atoms with Gasteiger partial charge >= 0.3 is 0 Å². The molecule has 2 rings (SSSR count). The highest BCUT2D eigenvalue weighted by Crippen LogP contribution is 2.21. The number of rotatable bonds is 5. The Balaban J connectivity index is 2.31. The van der Waals surface area contributed by atoms with Crippen LogP contribution in [0.2, 0.25) is 5.02 Å². The third-order valence-corrected chi connectivity index (χ3v) is 3.83. The van der Waals surface area contributed by atoms with E-state index in [4.69, 9.17) is 11.6 Å². The number of carbonyl (C=O) groups excluding carboxylic acids is 1. The number of carbonyl (C=O) groups is 1. The summed E-state index contributed by atoms with van der Waals surface area (Å²) in [5, 5.41) is 7.15. The van der Waals surface area contributed by atoms with Crippen molar-refractivity contribution in [2.45, 2.75) is 33.2 Å². The highest BCUT2D eigenvalue weighted by molar-refractivity contribution is 6.33. The number of aromatic nitrogens is 2. The van der Waals surface area contributed by atoms with Crippen molar-refractivity contribution in [3.8, 4) is 5.69 Å². The summed E-state index contributed by atoms with van der Waals surface area (Å²) in [4.78, 5) is 26.5. The number of anilines is 1. The minimum Gasteiger partial charge on any atom is -0.360 e. The fourth-order valence-electron chi connectivity index (χ4n) is 2.40. The Labute approximate surface area is 152 Å². The van der Waals surface area contributed by atoms with Gasteiger partial charge in [0.25, 0.3) is 5.56 Å². The summed E-state index contributed by atoms with van der Waals surface area (Å²) in [6, 6.07) is 9.05. The van der Waals surface area contributed by atoms with Crippen LogP contribution in [-0.4, -0.2) is 34.3 Å². The number of hydrogen-bond donors (Lipinski definition) is 1. The molecule has 2 aromatic rings. The normalized spacial score (nSPS) is 11.2. The van der Waals surface area contributed by atoms with Crippen LogP contribution in [-0.2, 0) is 4.79 Å². The van der Waals surface area contributed by atoms with E-state index < -0.39 is 5.56 Å². The Kier molecular flexibility index (Phi) is 5.85. The Morgan fingerprint density at radius 3 is 2.48 bits per heavy atom. The number of hydrogen-bond acceptors (Lipinski definition) is 4. The number of halogens is 1. The van der Waals surface area contributed by atoms with E-state index in [9.17, 15) is 9.59 Å². The first kappa shape index (κ1) is 19.0. The third-order valence-electron chi connectivity index (χ3n) is 3.47. The lowest BCUT2D eigenvalue weighted by molar-refractivity contribution is -0.121. The average Bonchev–Trinajstić information content (AvgIpc) is 2.54. The molecule has 0 radical (unpaired) electrons. The van der Waals surface area contributed by atoms with Gasteiger partial charge < -0.3 is 10.2 Å². The molecule has 0 saturated heterocycles. The van der Waals surface area contributed by atoms with E-state index in [1.54, 1.807) is 17.0 Å². The van der Waals surface area contributed by atoms with Crippen LogP contribution in [0.15, 0.2) is 41.3 Å². The molecule has 6 nitrogen and oxygen atoms in total. The SMILES string of the molecule is CCN(CC(=O)NC(C)(C)C)c1cnn(-c2ccccc2)c(=O)c1Cl. The van der Waals surface area contributed by atoms with Gasteiger partial charge in [0.05, 0.1) is 24.1 Å². The maximum absolute atomic E-state index is 12.6. The van der Waals surface area contributed by atoms with Crippen molar-refractivity contribution in [2.24, 2.45) is 0 Å². The summed E-state index contributed by atoms with van der Waals surface area (Å²) in [6.45, 7) is 8.26. The van der Waals surface area contributed by atoms with E-state index in [-0.39, 0.29) is 23.0 Å². The average molecular weight is 363 g/mol. The third kappa shape index (κ3) is 4.82.